The number of ether oxygens (including phenoxy) is 1. The first kappa shape index (κ1) is 15.5. The Morgan fingerprint density at radius 3 is 3.04 bits per heavy atom. The van der Waals surface area contributed by atoms with E-state index in [9.17, 15) is 0 Å². The molecule has 1 fully saturated rings. The van der Waals surface area contributed by atoms with E-state index in [1.165, 1.54) is 0 Å². The maximum absolute atomic E-state index is 5.89. The third-order valence-corrected chi connectivity index (χ3v) is 4.73. The van der Waals surface area contributed by atoms with Gasteiger partial charge in [-0.3, -0.25) is 9.67 Å². The zero-order chi connectivity index (χ0) is 16.5. The van der Waals surface area contributed by atoms with Gasteiger partial charge in [-0.15, -0.1) is 0 Å². The Kier molecular flexibility index (Phi) is 4.20. The number of hydrogen-bond donors (Lipinski definition) is 1. The van der Waals surface area contributed by atoms with E-state index in [2.05, 4.69) is 36.3 Å². The van der Waals surface area contributed by atoms with Crippen LogP contribution in [-0.2, 0) is 11.8 Å². The fraction of sp³-hybridized carbons (Fsp3) is 0.353. The molecule has 1 saturated heterocycles. The average molecular weight is 388 g/mol. The number of fused-ring (bicyclic) bond motifs is 1. The molecule has 124 valence electrons. The smallest absolute Gasteiger partial charge is 0.145 e. The van der Waals surface area contributed by atoms with Crippen LogP contribution in [0.5, 0.6) is 0 Å². The topological polar surface area (TPSA) is 64.9 Å². The van der Waals surface area contributed by atoms with Crippen LogP contribution in [0, 0.1) is 0 Å². The Morgan fingerprint density at radius 2 is 2.21 bits per heavy atom. The Balaban J connectivity index is 1.49. The van der Waals surface area contributed by atoms with Crippen LogP contribution < -0.4 is 5.32 Å². The van der Waals surface area contributed by atoms with Crippen LogP contribution in [0.15, 0.2) is 41.3 Å². The van der Waals surface area contributed by atoms with Gasteiger partial charge in [0.1, 0.15) is 5.82 Å². The quantitative estimate of drug-likeness (QED) is 0.745. The Hall–Kier alpha value is -1.99. The van der Waals surface area contributed by atoms with E-state index in [4.69, 9.17) is 4.74 Å². The second-order valence-electron chi connectivity index (χ2n) is 6.06. The minimum absolute atomic E-state index is 0.0781. The molecule has 0 saturated carbocycles. The molecule has 3 aromatic rings. The van der Waals surface area contributed by atoms with Crippen molar-refractivity contribution in [3.05, 3.63) is 46.8 Å². The number of nitrogens with one attached hydrogen (secondary N) is 1. The Labute approximate surface area is 148 Å². The molecule has 4 rings (SSSR count). The summed E-state index contributed by atoms with van der Waals surface area (Å²) in [5.41, 5.74) is 2.90. The minimum Gasteiger partial charge on any atom is -0.373 e. The van der Waals surface area contributed by atoms with Crippen molar-refractivity contribution < 1.29 is 4.74 Å². The van der Waals surface area contributed by atoms with Crippen molar-refractivity contribution in [2.24, 2.45) is 7.05 Å². The molecule has 0 bridgehead atoms. The van der Waals surface area contributed by atoms with Gasteiger partial charge in [0.05, 0.1) is 29.5 Å². The number of anilines is 1. The van der Waals surface area contributed by atoms with E-state index in [-0.39, 0.29) is 6.10 Å². The molecule has 0 spiro atoms. The summed E-state index contributed by atoms with van der Waals surface area (Å²) in [6.07, 6.45) is 7.61. The molecule has 0 aliphatic carbocycles. The fourth-order valence-electron chi connectivity index (χ4n) is 3.03. The van der Waals surface area contributed by atoms with Crippen molar-refractivity contribution in [2.75, 3.05) is 11.9 Å². The fourth-order valence-corrected chi connectivity index (χ4v) is 3.38. The lowest BCUT2D eigenvalue weighted by Crippen LogP contribution is -2.30. The molecule has 1 N–H and O–H groups in total. The molecular weight excluding hydrogens is 370 g/mol. The van der Waals surface area contributed by atoms with Crippen LogP contribution in [0.25, 0.3) is 11.0 Å². The third-order valence-electron chi connectivity index (χ3n) is 4.24. The first-order chi connectivity index (χ1) is 11.7. The molecular formula is C17H18BrN5O. The van der Waals surface area contributed by atoms with Gasteiger partial charge in [-0.1, -0.05) is 15.9 Å². The van der Waals surface area contributed by atoms with Crippen LogP contribution in [0.2, 0.25) is 0 Å². The van der Waals surface area contributed by atoms with Gasteiger partial charge in [-0.05, 0) is 31.0 Å². The summed E-state index contributed by atoms with van der Waals surface area (Å²) in [6, 6.07) is 6.23. The van der Waals surface area contributed by atoms with E-state index < -0.39 is 0 Å². The van der Waals surface area contributed by atoms with E-state index in [0.717, 1.165) is 46.3 Å². The van der Waals surface area contributed by atoms with Gasteiger partial charge in [-0.25, -0.2) is 4.98 Å². The number of aromatic nitrogens is 4. The summed E-state index contributed by atoms with van der Waals surface area (Å²) in [5.74, 6) is 0.807. The van der Waals surface area contributed by atoms with Gasteiger partial charge in [0.15, 0.2) is 0 Å². The maximum Gasteiger partial charge on any atom is 0.145 e. The van der Waals surface area contributed by atoms with Gasteiger partial charge >= 0.3 is 0 Å². The van der Waals surface area contributed by atoms with E-state index in [0.29, 0.717) is 6.04 Å². The van der Waals surface area contributed by atoms with Crippen LogP contribution >= 0.6 is 15.9 Å². The molecule has 2 atom stereocenters. The lowest BCUT2D eigenvalue weighted by Gasteiger charge is -2.29. The Morgan fingerprint density at radius 1 is 1.29 bits per heavy atom. The molecule has 2 aromatic heterocycles. The van der Waals surface area contributed by atoms with Gasteiger partial charge in [0, 0.05) is 35.9 Å². The number of benzene rings is 1. The second kappa shape index (κ2) is 6.49. The van der Waals surface area contributed by atoms with E-state index in [1.54, 1.807) is 6.20 Å². The molecule has 0 amide bonds. The lowest BCUT2D eigenvalue weighted by molar-refractivity contribution is 0.00970. The average Bonchev–Trinajstić information content (AvgIpc) is 3.02. The van der Waals surface area contributed by atoms with Gasteiger partial charge < -0.3 is 10.1 Å². The first-order valence-corrected chi connectivity index (χ1v) is 8.76. The van der Waals surface area contributed by atoms with Crippen molar-refractivity contribution in [1.82, 2.24) is 19.7 Å². The molecule has 2 unspecified atom stereocenters. The van der Waals surface area contributed by atoms with Gasteiger partial charge in [0.25, 0.3) is 0 Å². The van der Waals surface area contributed by atoms with Crippen molar-refractivity contribution in [1.29, 1.82) is 0 Å². The Bertz CT molecular complexity index is 865. The largest absolute Gasteiger partial charge is 0.373 e. The lowest BCUT2D eigenvalue weighted by atomic mass is 9.99. The zero-order valence-electron chi connectivity index (χ0n) is 13.3. The van der Waals surface area contributed by atoms with Crippen LogP contribution in [-0.4, -0.2) is 32.4 Å². The zero-order valence-corrected chi connectivity index (χ0v) is 14.9. The highest BCUT2D eigenvalue weighted by Gasteiger charge is 2.25. The number of halogens is 1. The van der Waals surface area contributed by atoms with Crippen LogP contribution in [0.1, 0.15) is 24.5 Å². The summed E-state index contributed by atoms with van der Waals surface area (Å²) < 4.78 is 8.71. The standard InChI is InChI=1S/C17H18BrN5O/c1-23-10-11(8-20-23)16-7-13(4-5-24-16)21-17-9-19-15-6-12(18)2-3-14(15)22-17/h2-3,6,8-10,13,16H,4-5,7H2,1H3,(H,21,22). The van der Waals surface area contributed by atoms with Crippen molar-refractivity contribution in [2.45, 2.75) is 25.0 Å². The molecule has 1 aliphatic rings. The summed E-state index contributed by atoms with van der Waals surface area (Å²) in [6.45, 7) is 0.727. The predicted octanol–water partition coefficient (Wildman–Crippen LogP) is 3.46. The highest BCUT2D eigenvalue weighted by atomic mass is 79.9. The number of hydrogen-bond acceptors (Lipinski definition) is 5. The molecule has 0 radical (unpaired) electrons. The van der Waals surface area contributed by atoms with Crippen LogP contribution in [0.3, 0.4) is 0 Å². The predicted molar refractivity (Wildman–Crippen MR) is 95.8 cm³/mol. The molecule has 24 heavy (non-hydrogen) atoms. The third kappa shape index (κ3) is 3.27. The summed E-state index contributed by atoms with van der Waals surface area (Å²) in [7, 11) is 1.92. The molecule has 1 aliphatic heterocycles. The van der Waals surface area contributed by atoms with Crippen molar-refractivity contribution >= 4 is 32.8 Å². The number of nitrogens with zero attached hydrogens (tertiary/aromatic N) is 4. The minimum atomic E-state index is 0.0781. The summed E-state index contributed by atoms with van der Waals surface area (Å²) >= 11 is 3.46. The summed E-state index contributed by atoms with van der Waals surface area (Å²) in [5, 5.41) is 7.73. The van der Waals surface area contributed by atoms with Crippen LogP contribution in [0.4, 0.5) is 5.82 Å². The highest BCUT2D eigenvalue weighted by Crippen LogP contribution is 2.29. The summed E-state index contributed by atoms with van der Waals surface area (Å²) in [4.78, 5) is 9.15. The normalized spacial score (nSPS) is 21.1. The first-order valence-electron chi connectivity index (χ1n) is 7.96. The van der Waals surface area contributed by atoms with Crippen molar-refractivity contribution in [3.8, 4) is 0 Å². The monoisotopic (exact) mass is 387 g/mol. The van der Waals surface area contributed by atoms with Crippen molar-refractivity contribution in [3.63, 3.8) is 0 Å². The van der Waals surface area contributed by atoms with Gasteiger partial charge in [-0.2, -0.15) is 5.10 Å². The molecule has 3 heterocycles. The number of aryl methyl sites for hydroxylation is 1. The maximum atomic E-state index is 5.89. The van der Waals surface area contributed by atoms with E-state index in [1.807, 2.05) is 42.3 Å². The highest BCUT2D eigenvalue weighted by molar-refractivity contribution is 9.10. The molecule has 6 nitrogen and oxygen atoms in total. The van der Waals surface area contributed by atoms with Gasteiger partial charge in [0.2, 0.25) is 0 Å². The SMILES string of the molecule is Cn1cc(C2CC(Nc3cnc4cc(Br)ccc4n3)CCO2)cn1. The van der Waals surface area contributed by atoms with E-state index >= 15 is 0 Å². The second-order valence-corrected chi connectivity index (χ2v) is 6.98. The number of rotatable bonds is 3. The molecule has 7 heteroatoms. The molecule has 1 aromatic carbocycles.